The number of carbonyl (C=O) groups excluding carboxylic acids is 2. The number of aryl methyl sites for hydroxylation is 1. The molecule has 0 saturated carbocycles. The Hall–Kier alpha value is -3.88. The molecule has 3 rings (SSSR count). The van der Waals surface area contributed by atoms with E-state index in [-0.39, 0.29) is 37.2 Å². The van der Waals surface area contributed by atoms with Crippen LogP contribution in [0.15, 0.2) is 61.1 Å². The fraction of sp³-hybridized carbons (Fsp3) is 0.292. The summed E-state index contributed by atoms with van der Waals surface area (Å²) in [6.45, 7) is 3.08. The molecule has 174 valence electrons. The fourth-order valence-electron chi connectivity index (χ4n) is 2.85. The molecular weight excluding hydrogens is 427 g/mol. The Labute approximate surface area is 191 Å². The summed E-state index contributed by atoms with van der Waals surface area (Å²) in [6.07, 6.45) is 3.18. The summed E-state index contributed by atoms with van der Waals surface area (Å²) in [5.74, 6) is 0.861. The zero-order chi connectivity index (χ0) is 23.6. The number of hydrogen-bond acceptors (Lipinski definition) is 5. The zero-order valence-corrected chi connectivity index (χ0v) is 18.7. The minimum Gasteiger partial charge on any atom is -0.493 e. The van der Waals surface area contributed by atoms with Crippen LogP contribution in [-0.2, 0) is 16.1 Å². The second-order valence-electron chi connectivity index (χ2n) is 7.51. The van der Waals surface area contributed by atoms with Gasteiger partial charge in [0.05, 0.1) is 25.9 Å². The van der Waals surface area contributed by atoms with Crippen LogP contribution in [0.3, 0.4) is 0 Å². The maximum atomic E-state index is 12.9. The van der Waals surface area contributed by atoms with Crippen LogP contribution in [-0.4, -0.2) is 53.1 Å². The summed E-state index contributed by atoms with van der Waals surface area (Å²) < 4.78 is 25.5. The van der Waals surface area contributed by atoms with Crippen LogP contribution in [0.2, 0.25) is 0 Å². The van der Waals surface area contributed by atoms with Gasteiger partial charge in [0.15, 0.2) is 5.82 Å². The Balaban J connectivity index is 1.36. The van der Waals surface area contributed by atoms with Crippen molar-refractivity contribution in [3.8, 4) is 11.5 Å². The quantitative estimate of drug-likeness (QED) is 0.481. The molecule has 1 N–H and O–H groups in total. The minimum atomic E-state index is -0.351. The number of nitrogens with zero attached hydrogens (tertiary/aromatic N) is 3. The van der Waals surface area contributed by atoms with E-state index in [0.717, 1.165) is 11.3 Å². The summed E-state index contributed by atoms with van der Waals surface area (Å²) in [4.78, 5) is 30.2. The molecule has 0 radical (unpaired) electrons. The topological polar surface area (TPSA) is 85.7 Å². The van der Waals surface area contributed by atoms with E-state index in [1.807, 2.05) is 31.2 Å². The number of rotatable bonds is 11. The summed E-state index contributed by atoms with van der Waals surface area (Å²) in [6, 6.07) is 13.3. The van der Waals surface area contributed by atoms with Crippen LogP contribution >= 0.6 is 0 Å². The SMILES string of the molecule is Cc1ccc(OCCN(C)C(=O)Cn2cnc(NC(=O)CCOc3ccc(F)cc3)c2)cc1. The Morgan fingerprint density at radius 2 is 1.67 bits per heavy atom. The Kier molecular flexibility index (Phi) is 8.40. The van der Waals surface area contributed by atoms with E-state index >= 15 is 0 Å². The molecule has 0 atom stereocenters. The molecule has 0 aliphatic carbocycles. The lowest BCUT2D eigenvalue weighted by Gasteiger charge is -2.17. The Morgan fingerprint density at radius 3 is 2.36 bits per heavy atom. The van der Waals surface area contributed by atoms with Gasteiger partial charge in [-0.1, -0.05) is 17.7 Å². The van der Waals surface area contributed by atoms with Gasteiger partial charge < -0.3 is 24.3 Å². The van der Waals surface area contributed by atoms with Crippen LogP contribution in [0.4, 0.5) is 10.2 Å². The molecule has 0 aliphatic rings. The van der Waals surface area contributed by atoms with E-state index in [2.05, 4.69) is 10.3 Å². The second-order valence-corrected chi connectivity index (χ2v) is 7.51. The molecule has 3 aromatic rings. The second kappa shape index (κ2) is 11.7. The monoisotopic (exact) mass is 454 g/mol. The summed E-state index contributed by atoms with van der Waals surface area (Å²) >= 11 is 0. The fourth-order valence-corrected chi connectivity index (χ4v) is 2.85. The Morgan fingerprint density at radius 1 is 1.03 bits per heavy atom. The number of imidazole rings is 1. The van der Waals surface area contributed by atoms with Crippen LogP contribution < -0.4 is 14.8 Å². The van der Waals surface area contributed by atoms with Gasteiger partial charge in [0.1, 0.15) is 30.5 Å². The van der Waals surface area contributed by atoms with Crippen molar-refractivity contribution >= 4 is 17.6 Å². The molecule has 1 aromatic heterocycles. The zero-order valence-electron chi connectivity index (χ0n) is 18.7. The molecule has 1 heterocycles. The number of aromatic nitrogens is 2. The highest BCUT2D eigenvalue weighted by Gasteiger charge is 2.11. The van der Waals surface area contributed by atoms with Gasteiger partial charge in [-0.3, -0.25) is 9.59 Å². The van der Waals surface area contributed by atoms with Crippen molar-refractivity contribution in [2.75, 3.05) is 32.1 Å². The first-order chi connectivity index (χ1) is 15.9. The minimum absolute atomic E-state index is 0.0948. The highest BCUT2D eigenvalue weighted by molar-refractivity contribution is 5.89. The van der Waals surface area contributed by atoms with Crippen molar-refractivity contribution in [2.24, 2.45) is 0 Å². The summed E-state index contributed by atoms with van der Waals surface area (Å²) in [5.41, 5.74) is 1.16. The van der Waals surface area contributed by atoms with E-state index in [4.69, 9.17) is 9.47 Å². The van der Waals surface area contributed by atoms with Gasteiger partial charge in [-0.2, -0.15) is 0 Å². The van der Waals surface area contributed by atoms with Crippen LogP contribution in [0.1, 0.15) is 12.0 Å². The average Bonchev–Trinajstić information content (AvgIpc) is 3.22. The lowest BCUT2D eigenvalue weighted by molar-refractivity contribution is -0.130. The maximum absolute atomic E-state index is 12.9. The number of hydrogen-bond donors (Lipinski definition) is 1. The van der Waals surface area contributed by atoms with Crippen LogP contribution in [0, 0.1) is 12.7 Å². The van der Waals surface area contributed by atoms with E-state index < -0.39 is 0 Å². The van der Waals surface area contributed by atoms with E-state index in [1.54, 1.807) is 22.7 Å². The molecule has 0 bridgehead atoms. The average molecular weight is 455 g/mol. The normalized spacial score (nSPS) is 10.5. The first-order valence-corrected chi connectivity index (χ1v) is 10.5. The third kappa shape index (κ3) is 7.95. The van der Waals surface area contributed by atoms with Crippen LogP contribution in [0.25, 0.3) is 0 Å². The van der Waals surface area contributed by atoms with Gasteiger partial charge in [0.25, 0.3) is 0 Å². The predicted octanol–water partition coefficient (Wildman–Crippen LogP) is 3.28. The van der Waals surface area contributed by atoms with Crippen molar-refractivity contribution in [2.45, 2.75) is 19.9 Å². The van der Waals surface area contributed by atoms with Gasteiger partial charge in [-0.25, -0.2) is 9.37 Å². The third-order valence-electron chi connectivity index (χ3n) is 4.77. The summed E-state index contributed by atoms with van der Waals surface area (Å²) in [7, 11) is 1.71. The van der Waals surface area contributed by atoms with Crippen LogP contribution in [0.5, 0.6) is 11.5 Å². The molecule has 9 heteroatoms. The van der Waals surface area contributed by atoms with Gasteiger partial charge in [-0.05, 0) is 43.3 Å². The van der Waals surface area contributed by atoms with Crippen molar-refractivity contribution in [1.29, 1.82) is 0 Å². The predicted molar refractivity (Wildman–Crippen MR) is 122 cm³/mol. The number of anilines is 1. The van der Waals surface area contributed by atoms with Gasteiger partial charge in [-0.15, -0.1) is 0 Å². The van der Waals surface area contributed by atoms with Gasteiger partial charge >= 0.3 is 0 Å². The van der Waals surface area contributed by atoms with Crippen molar-refractivity contribution in [1.82, 2.24) is 14.5 Å². The number of carbonyl (C=O) groups is 2. The Bertz CT molecular complexity index is 1050. The third-order valence-corrected chi connectivity index (χ3v) is 4.77. The molecule has 2 aromatic carbocycles. The summed E-state index contributed by atoms with van der Waals surface area (Å²) in [5, 5.41) is 2.66. The van der Waals surface area contributed by atoms with Crippen molar-refractivity contribution in [3.63, 3.8) is 0 Å². The number of likely N-dealkylation sites (N-methyl/N-ethyl adjacent to an activating group) is 1. The molecule has 2 amide bonds. The molecule has 0 spiro atoms. The molecule has 33 heavy (non-hydrogen) atoms. The number of ether oxygens (including phenoxy) is 2. The lowest BCUT2D eigenvalue weighted by atomic mass is 10.2. The highest BCUT2D eigenvalue weighted by Crippen LogP contribution is 2.12. The molecule has 0 fully saturated rings. The smallest absolute Gasteiger partial charge is 0.242 e. The standard InChI is InChI=1S/C24H27FN4O4/c1-18-3-7-20(8-4-18)33-14-12-28(2)24(31)16-29-15-22(26-17-29)27-23(30)11-13-32-21-9-5-19(25)6-10-21/h3-10,15,17H,11-14,16H2,1-2H3,(H,27,30). The molecule has 0 aliphatic heterocycles. The largest absolute Gasteiger partial charge is 0.493 e. The first kappa shape index (κ1) is 23.8. The number of nitrogens with one attached hydrogen (secondary N) is 1. The van der Waals surface area contributed by atoms with Gasteiger partial charge in [0, 0.05) is 13.2 Å². The number of amides is 2. The van der Waals surface area contributed by atoms with E-state index in [1.165, 1.54) is 30.6 Å². The van der Waals surface area contributed by atoms with E-state index in [0.29, 0.717) is 24.7 Å². The first-order valence-electron chi connectivity index (χ1n) is 10.5. The van der Waals surface area contributed by atoms with Crippen molar-refractivity contribution in [3.05, 3.63) is 72.4 Å². The highest BCUT2D eigenvalue weighted by atomic mass is 19.1. The van der Waals surface area contributed by atoms with Gasteiger partial charge in [0.2, 0.25) is 11.8 Å². The molecule has 8 nitrogen and oxygen atoms in total. The molecular formula is C24H27FN4O4. The molecule has 0 unspecified atom stereocenters. The lowest BCUT2D eigenvalue weighted by Crippen LogP contribution is -2.33. The number of benzene rings is 2. The molecule has 0 saturated heterocycles. The van der Waals surface area contributed by atoms with E-state index in [9.17, 15) is 14.0 Å². The number of halogens is 1. The maximum Gasteiger partial charge on any atom is 0.242 e. The van der Waals surface area contributed by atoms with Crippen molar-refractivity contribution < 1.29 is 23.5 Å².